The van der Waals surface area contributed by atoms with Gasteiger partial charge < -0.3 is 20.5 Å². The van der Waals surface area contributed by atoms with Gasteiger partial charge in [0.15, 0.2) is 11.5 Å². The van der Waals surface area contributed by atoms with Crippen LogP contribution in [0.5, 0.6) is 0 Å². The zero-order chi connectivity index (χ0) is 36.8. The van der Waals surface area contributed by atoms with Gasteiger partial charge in [-0.05, 0) is 71.6 Å². The number of anilines is 3. The summed E-state index contributed by atoms with van der Waals surface area (Å²) in [5, 5.41) is 7.39. The predicted octanol–water partition coefficient (Wildman–Crippen LogP) is 5.80. The van der Waals surface area contributed by atoms with Gasteiger partial charge in [-0.15, -0.1) is 6.58 Å². The molecule has 3 N–H and O–H groups in total. The Morgan fingerprint density at radius 3 is 2.52 bits per heavy atom. The first kappa shape index (κ1) is 33.3. The number of amides is 1. The fourth-order valence-electron chi connectivity index (χ4n) is 7.61. The number of nitrogens with zero attached hydrogens (tertiary/aromatic N) is 7. The van der Waals surface area contributed by atoms with Crippen LogP contribution in [0.3, 0.4) is 0 Å². The molecule has 2 aliphatic rings. The third-order valence-electron chi connectivity index (χ3n) is 10.2. The highest BCUT2D eigenvalue weighted by atomic mass is 19.1. The van der Waals surface area contributed by atoms with Crippen molar-refractivity contribution in [2.75, 3.05) is 42.9 Å². The first-order chi connectivity index (χ1) is 26.4. The molecule has 9 rings (SSSR count). The average molecular weight is 721 g/mol. The molecule has 270 valence electrons. The number of hydrogen-bond acceptors (Lipinski definition) is 8. The van der Waals surface area contributed by atoms with Crippen LogP contribution >= 0.6 is 0 Å². The van der Waals surface area contributed by atoms with Crippen LogP contribution in [0, 0.1) is 5.82 Å². The van der Waals surface area contributed by atoms with Gasteiger partial charge in [0.2, 0.25) is 5.95 Å². The van der Waals surface area contributed by atoms with Gasteiger partial charge in [0.25, 0.3) is 11.5 Å². The summed E-state index contributed by atoms with van der Waals surface area (Å²) in [6.07, 6.45) is 5.58. The standard InChI is InChI=1S/C41H37FN10O2/c1-2-17-51-40(54)33-24-45-41(48-38(33)52(51)35-5-3-4-15-43-35)46-29-10-12-30(13-11-29)50-20-18-49(19-21-50)25-26-6-8-27(9-7-26)37-31-14-16-44-39(53)32-22-28(42)23-34(47-37)36(31)32/h2-13,15,22-24,47H,1,14,16-21,25H2,(H,44,53)(H,45,46,48). The Hall–Kier alpha value is -6.60. The molecule has 1 fully saturated rings. The van der Waals surface area contributed by atoms with Crippen molar-refractivity contribution < 1.29 is 9.18 Å². The maximum atomic E-state index is 14.3. The molecule has 4 aromatic heterocycles. The first-order valence-electron chi connectivity index (χ1n) is 18.0. The van der Waals surface area contributed by atoms with Crippen molar-refractivity contribution in [1.29, 1.82) is 0 Å². The summed E-state index contributed by atoms with van der Waals surface area (Å²) in [6, 6.07) is 25.1. The van der Waals surface area contributed by atoms with E-state index < -0.39 is 5.82 Å². The second kappa shape index (κ2) is 13.7. The van der Waals surface area contributed by atoms with E-state index in [2.05, 4.69) is 78.4 Å². The number of piperazine rings is 1. The van der Waals surface area contributed by atoms with Crippen LogP contribution in [0.25, 0.3) is 39.0 Å². The summed E-state index contributed by atoms with van der Waals surface area (Å²) < 4.78 is 17.6. The molecular weight excluding hydrogens is 684 g/mol. The van der Waals surface area contributed by atoms with Crippen LogP contribution in [0.4, 0.5) is 21.7 Å². The molecule has 7 aromatic rings. The minimum atomic E-state index is -0.425. The number of allylic oxidation sites excluding steroid dienone is 1. The Labute approximate surface area is 309 Å². The molecule has 0 radical (unpaired) electrons. The molecule has 0 unspecified atom stereocenters. The first-order valence-corrected chi connectivity index (χ1v) is 18.0. The summed E-state index contributed by atoms with van der Waals surface area (Å²) in [5.74, 6) is 0.296. The summed E-state index contributed by atoms with van der Waals surface area (Å²) in [4.78, 5) is 47.6. The van der Waals surface area contributed by atoms with Gasteiger partial charge in [-0.1, -0.05) is 36.4 Å². The van der Waals surface area contributed by atoms with E-state index in [0.29, 0.717) is 53.4 Å². The lowest BCUT2D eigenvalue weighted by Crippen LogP contribution is -2.45. The van der Waals surface area contributed by atoms with Crippen LogP contribution in [0.1, 0.15) is 21.5 Å². The monoisotopic (exact) mass is 720 g/mol. The van der Waals surface area contributed by atoms with Crippen molar-refractivity contribution in [2.24, 2.45) is 0 Å². The number of rotatable bonds is 9. The lowest BCUT2D eigenvalue weighted by Gasteiger charge is -2.36. The molecular formula is C41H37FN10O2. The van der Waals surface area contributed by atoms with E-state index in [-0.39, 0.29) is 11.5 Å². The number of benzene rings is 3. The van der Waals surface area contributed by atoms with Gasteiger partial charge in [-0.25, -0.2) is 23.7 Å². The highest BCUT2D eigenvalue weighted by molar-refractivity contribution is 6.10. The van der Waals surface area contributed by atoms with Gasteiger partial charge in [0.1, 0.15) is 11.2 Å². The molecule has 0 atom stereocenters. The molecule has 0 aliphatic carbocycles. The molecule has 2 aliphatic heterocycles. The van der Waals surface area contributed by atoms with Crippen molar-refractivity contribution in [3.8, 4) is 17.1 Å². The van der Waals surface area contributed by atoms with E-state index in [1.54, 1.807) is 27.8 Å². The number of carbonyl (C=O) groups excluding carboxylic acids is 1. The van der Waals surface area contributed by atoms with Crippen LogP contribution in [0.2, 0.25) is 0 Å². The van der Waals surface area contributed by atoms with E-state index in [4.69, 9.17) is 4.98 Å². The summed E-state index contributed by atoms with van der Waals surface area (Å²) in [5.41, 5.74) is 7.50. The highest BCUT2D eigenvalue weighted by Gasteiger charge is 2.24. The third-order valence-corrected chi connectivity index (χ3v) is 10.2. The number of H-pyrrole nitrogens is 1. The van der Waals surface area contributed by atoms with E-state index in [1.807, 2.05) is 30.3 Å². The van der Waals surface area contributed by atoms with Gasteiger partial charge >= 0.3 is 0 Å². The number of pyridine rings is 1. The molecule has 0 saturated carbocycles. The molecule has 1 amide bonds. The fourth-order valence-corrected chi connectivity index (χ4v) is 7.61. The Kier molecular flexibility index (Phi) is 8.47. The minimum Gasteiger partial charge on any atom is -0.369 e. The van der Waals surface area contributed by atoms with Crippen molar-refractivity contribution in [2.45, 2.75) is 19.5 Å². The number of hydrogen-bond donors (Lipinski definition) is 3. The number of halogens is 1. The topological polar surface area (TPSA) is 129 Å². The van der Waals surface area contributed by atoms with Crippen molar-refractivity contribution >= 4 is 45.2 Å². The Balaban J connectivity index is 0.843. The number of carbonyl (C=O) groups is 1. The van der Waals surface area contributed by atoms with Crippen molar-refractivity contribution in [3.05, 3.63) is 137 Å². The normalized spacial score (nSPS) is 14.7. The van der Waals surface area contributed by atoms with Crippen LogP contribution in [-0.4, -0.2) is 72.8 Å². The second-order valence-corrected chi connectivity index (χ2v) is 13.6. The Morgan fingerprint density at radius 2 is 1.76 bits per heavy atom. The van der Waals surface area contributed by atoms with Crippen LogP contribution < -0.4 is 21.1 Å². The quantitative estimate of drug-likeness (QED) is 0.160. The molecule has 0 spiro atoms. The zero-order valence-corrected chi connectivity index (χ0v) is 29.4. The largest absolute Gasteiger partial charge is 0.369 e. The maximum Gasteiger partial charge on any atom is 0.278 e. The number of nitrogens with one attached hydrogen (secondary N) is 3. The van der Waals surface area contributed by atoms with Gasteiger partial charge in [-0.2, -0.15) is 4.98 Å². The van der Waals surface area contributed by atoms with E-state index in [0.717, 1.165) is 66.3 Å². The molecule has 13 heteroatoms. The molecule has 54 heavy (non-hydrogen) atoms. The van der Waals surface area contributed by atoms with E-state index in [9.17, 15) is 14.0 Å². The Morgan fingerprint density at radius 1 is 0.944 bits per heavy atom. The van der Waals surface area contributed by atoms with E-state index in [1.165, 1.54) is 17.7 Å². The molecule has 3 aromatic carbocycles. The van der Waals surface area contributed by atoms with E-state index >= 15 is 0 Å². The fraction of sp³-hybridized carbons (Fsp3) is 0.195. The number of aromatic amines is 1. The maximum absolute atomic E-state index is 14.3. The summed E-state index contributed by atoms with van der Waals surface area (Å²) in [7, 11) is 0. The molecule has 12 nitrogen and oxygen atoms in total. The highest BCUT2D eigenvalue weighted by Crippen LogP contribution is 2.35. The number of aromatic nitrogens is 6. The van der Waals surface area contributed by atoms with Gasteiger partial charge in [0, 0.05) is 79.6 Å². The molecule has 6 heterocycles. The molecule has 0 bridgehead atoms. The van der Waals surface area contributed by atoms with Crippen molar-refractivity contribution in [1.82, 2.24) is 39.5 Å². The SMILES string of the molecule is C=CCn1c(=O)c2cnc(Nc3ccc(N4CCN(Cc5ccc(-c6[nH]c7cc(F)cc8c7c6CCNC8=O)cc5)CC4)cc3)nc2n1-c1ccccn1. The molecule has 1 saturated heterocycles. The number of fused-ring (bicyclic) bond motifs is 1. The van der Waals surface area contributed by atoms with Crippen LogP contribution in [-0.2, 0) is 19.5 Å². The van der Waals surface area contributed by atoms with Gasteiger partial charge in [0.05, 0.1) is 12.1 Å². The lowest BCUT2D eigenvalue weighted by atomic mass is 9.99. The predicted molar refractivity (Wildman–Crippen MR) is 208 cm³/mol. The average Bonchev–Trinajstić information content (AvgIpc) is 3.63. The smallest absolute Gasteiger partial charge is 0.278 e. The van der Waals surface area contributed by atoms with Crippen molar-refractivity contribution in [3.63, 3.8) is 0 Å². The summed E-state index contributed by atoms with van der Waals surface area (Å²) >= 11 is 0. The third kappa shape index (κ3) is 6.07. The zero-order valence-electron chi connectivity index (χ0n) is 29.4. The minimum absolute atomic E-state index is 0.207. The summed E-state index contributed by atoms with van der Waals surface area (Å²) in [6.45, 7) is 9.14. The van der Waals surface area contributed by atoms with Gasteiger partial charge in [-0.3, -0.25) is 14.5 Å². The van der Waals surface area contributed by atoms with Crippen LogP contribution in [0.15, 0.2) is 109 Å². The second-order valence-electron chi connectivity index (χ2n) is 13.6. The Bertz CT molecular complexity index is 2590. The lowest BCUT2D eigenvalue weighted by molar-refractivity contribution is 0.0956.